The summed E-state index contributed by atoms with van der Waals surface area (Å²) in [7, 11) is 1.58. The molecule has 5 rings (SSSR count). The quantitative estimate of drug-likeness (QED) is 0.365. The maximum absolute atomic E-state index is 13.7. The molecule has 4 heterocycles. The summed E-state index contributed by atoms with van der Waals surface area (Å²) in [4.78, 5) is 46.5. The van der Waals surface area contributed by atoms with Crippen molar-refractivity contribution in [1.29, 1.82) is 0 Å². The molecule has 3 aromatic heterocycles. The molecule has 0 aliphatic carbocycles. The number of aromatic nitrogens is 4. The number of rotatable bonds is 6. The Morgan fingerprint density at radius 2 is 2.03 bits per heavy atom. The van der Waals surface area contributed by atoms with Gasteiger partial charge in [-0.2, -0.15) is 16.3 Å². The first-order valence-electron chi connectivity index (χ1n) is 11.3. The number of thiophene rings is 1. The first-order valence-corrected chi connectivity index (χ1v) is 13.1. The zero-order valence-corrected chi connectivity index (χ0v) is 21.6. The number of halogens is 1. The van der Waals surface area contributed by atoms with Crippen molar-refractivity contribution in [2.75, 3.05) is 18.0 Å². The van der Waals surface area contributed by atoms with E-state index in [-0.39, 0.29) is 23.9 Å². The van der Waals surface area contributed by atoms with Crippen LogP contribution in [-0.2, 0) is 20.1 Å². The van der Waals surface area contributed by atoms with Crippen molar-refractivity contribution < 1.29 is 4.79 Å². The first-order chi connectivity index (χ1) is 16.8. The molecule has 1 aliphatic heterocycles. The summed E-state index contributed by atoms with van der Waals surface area (Å²) in [5, 5.41) is 3.50. The highest BCUT2D eigenvalue weighted by Gasteiger charge is 2.27. The van der Waals surface area contributed by atoms with Gasteiger partial charge in [0, 0.05) is 41.6 Å². The summed E-state index contributed by atoms with van der Waals surface area (Å²) >= 11 is 4.99. The molecule has 4 aromatic rings. The van der Waals surface area contributed by atoms with Gasteiger partial charge in [-0.15, -0.1) is 0 Å². The van der Waals surface area contributed by atoms with E-state index in [1.54, 1.807) is 23.9 Å². The third-order valence-corrected chi connectivity index (χ3v) is 7.84. The average molecular weight is 557 g/mol. The molecule has 35 heavy (non-hydrogen) atoms. The van der Waals surface area contributed by atoms with E-state index in [1.165, 1.54) is 15.9 Å². The molecule has 1 aromatic carbocycles. The van der Waals surface area contributed by atoms with Crippen LogP contribution in [0.3, 0.4) is 0 Å². The number of piperidine rings is 1. The molecule has 2 N–H and O–H groups in total. The Morgan fingerprint density at radius 3 is 2.74 bits per heavy atom. The van der Waals surface area contributed by atoms with Gasteiger partial charge >= 0.3 is 5.69 Å². The molecule has 0 amide bonds. The van der Waals surface area contributed by atoms with Crippen molar-refractivity contribution in [2.24, 2.45) is 12.8 Å². The topological polar surface area (TPSA) is 108 Å². The first kappa shape index (κ1) is 23.7. The molecule has 1 atom stereocenters. The lowest BCUT2D eigenvalue weighted by atomic mass is 10.1. The maximum Gasteiger partial charge on any atom is 0.332 e. The normalized spacial score (nSPS) is 16.2. The zero-order valence-electron chi connectivity index (χ0n) is 19.2. The third kappa shape index (κ3) is 4.39. The molecule has 0 bridgehead atoms. The summed E-state index contributed by atoms with van der Waals surface area (Å²) in [5.41, 5.74) is 7.17. The van der Waals surface area contributed by atoms with Crippen molar-refractivity contribution >= 4 is 50.2 Å². The van der Waals surface area contributed by atoms with Crippen LogP contribution >= 0.6 is 27.3 Å². The number of hydrogen-bond acceptors (Lipinski definition) is 7. The van der Waals surface area contributed by atoms with Crippen molar-refractivity contribution in [2.45, 2.75) is 32.0 Å². The third-order valence-electron chi connectivity index (χ3n) is 6.38. The average Bonchev–Trinajstić information content (AvgIpc) is 3.51. The Kier molecular flexibility index (Phi) is 6.47. The number of ketones is 1. The minimum atomic E-state index is -0.571. The van der Waals surface area contributed by atoms with Crippen molar-refractivity contribution in [3.63, 3.8) is 0 Å². The molecular weight excluding hydrogens is 532 g/mol. The highest BCUT2D eigenvalue weighted by Crippen LogP contribution is 2.26. The van der Waals surface area contributed by atoms with Crippen LogP contribution in [0.1, 0.15) is 28.8 Å². The fourth-order valence-electron chi connectivity index (χ4n) is 4.54. The number of hydrogen-bond donors (Lipinski definition) is 1. The second kappa shape index (κ2) is 9.56. The van der Waals surface area contributed by atoms with Crippen LogP contribution in [0.4, 0.5) is 5.95 Å². The molecule has 1 aliphatic rings. The lowest BCUT2D eigenvalue weighted by molar-refractivity contribution is 0.0969. The number of aryl methyl sites for hydroxylation is 1. The fraction of sp³-hybridized carbons (Fsp3) is 0.333. The molecule has 0 spiro atoms. The molecule has 182 valence electrons. The van der Waals surface area contributed by atoms with E-state index < -0.39 is 11.2 Å². The van der Waals surface area contributed by atoms with Crippen LogP contribution < -0.4 is 21.9 Å². The number of carbonyl (C=O) groups excluding carboxylic acids is 1. The number of imidazole rings is 1. The Bertz CT molecular complexity index is 1520. The molecule has 1 fully saturated rings. The number of fused-ring (bicyclic) bond motifs is 1. The molecule has 11 heteroatoms. The number of nitrogens with zero attached hydrogens (tertiary/aromatic N) is 5. The second-order valence-electron chi connectivity index (χ2n) is 8.78. The maximum atomic E-state index is 13.7. The summed E-state index contributed by atoms with van der Waals surface area (Å²) in [5.74, 6) is 0.309. The van der Waals surface area contributed by atoms with Crippen LogP contribution in [0.5, 0.6) is 0 Å². The van der Waals surface area contributed by atoms with E-state index in [1.807, 2.05) is 28.8 Å². The van der Waals surface area contributed by atoms with Crippen LogP contribution in [0.15, 0.2) is 55.2 Å². The minimum absolute atomic E-state index is 0.00387. The molecule has 1 saturated heterocycles. The number of nitrogens with two attached hydrogens (primary N) is 1. The van der Waals surface area contributed by atoms with E-state index in [0.29, 0.717) is 30.2 Å². The molecule has 0 unspecified atom stereocenters. The van der Waals surface area contributed by atoms with Gasteiger partial charge in [0.1, 0.15) is 0 Å². The zero-order chi connectivity index (χ0) is 24.7. The summed E-state index contributed by atoms with van der Waals surface area (Å²) in [6.07, 6.45) is 1.84. The molecule has 0 saturated carbocycles. The van der Waals surface area contributed by atoms with Crippen molar-refractivity contribution in [1.82, 2.24) is 18.7 Å². The van der Waals surface area contributed by atoms with Crippen LogP contribution in [0.2, 0.25) is 0 Å². The van der Waals surface area contributed by atoms with E-state index in [4.69, 9.17) is 10.7 Å². The van der Waals surface area contributed by atoms with Gasteiger partial charge < -0.3 is 10.6 Å². The lowest BCUT2D eigenvalue weighted by Crippen LogP contribution is -2.44. The summed E-state index contributed by atoms with van der Waals surface area (Å²) in [6.45, 7) is 1.40. The predicted molar refractivity (Wildman–Crippen MR) is 141 cm³/mol. The number of benzene rings is 1. The SMILES string of the molecule is Cn1c(=O)n(CC(=O)c2ccsc2)c(=O)c2c1nc(N1CCC[C@@H](N)C1)n2Cc1ccccc1Br. The lowest BCUT2D eigenvalue weighted by Gasteiger charge is -2.32. The second-order valence-corrected chi connectivity index (χ2v) is 10.4. The van der Waals surface area contributed by atoms with Crippen LogP contribution in [-0.4, -0.2) is 43.6 Å². The summed E-state index contributed by atoms with van der Waals surface area (Å²) in [6, 6.07) is 9.47. The van der Waals surface area contributed by atoms with Gasteiger partial charge in [0.15, 0.2) is 16.9 Å². The van der Waals surface area contributed by atoms with E-state index in [2.05, 4.69) is 20.8 Å². The van der Waals surface area contributed by atoms with Gasteiger partial charge in [0.2, 0.25) is 5.95 Å². The highest BCUT2D eigenvalue weighted by molar-refractivity contribution is 9.10. The van der Waals surface area contributed by atoms with E-state index >= 15 is 0 Å². The van der Waals surface area contributed by atoms with Gasteiger partial charge in [-0.25, -0.2) is 4.79 Å². The Morgan fingerprint density at radius 1 is 1.23 bits per heavy atom. The minimum Gasteiger partial charge on any atom is -0.341 e. The van der Waals surface area contributed by atoms with Gasteiger partial charge in [-0.05, 0) is 35.9 Å². The largest absolute Gasteiger partial charge is 0.341 e. The Hall–Kier alpha value is -3.02. The van der Waals surface area contributed by atoms with Crippen LogP contribution in [0.25, 0.3) is 11.2 Å². The Balaban J connectivity index is 1.71. The molecule has 9 nitrogen and oxygen atoms in total. The standard InChI is InChI=1S/C24H25BrN6O3S/c1-28-21-20(22(33)31(24(28)34)13-19(32)16-8-10-35-14-16)30(11-15-5-2-3-7-18(15)25)23(27-21)29-9-4-6-17(26)12-29/h2-3,5,7-8,10,14,17H,4,6,9,11-13,26H2,1H3/t17-/m1/s1. The highest BCUT2D eigenvalue weighted by atomic mass is 79.9. The number of carbonyl (C=O) groups is 1. The Labute approximate surface area is 213 Å². The van der Waals surface area contributed by atoms with Crippen molar-refractivity contribution in [3.05, 3.63) is 77.5 Å². The molecular formula is C24H25BrN6O3S. The van der Waals surface area contributed by atoms with E-state index in [0.717, 1.165) is 34.0 Å². The monoisotopic (exact) mass is 556 g/mol. The van der Waals surface area contributed by atoms with Gasteiger partial charge in [-0.1, -0.05) is 34.1 Å². The van der Waals surface area contributed by atoms with Gasteiger partial charge in [0.05, 0.1) is 13.1 Å². The number of anilines is 1. The fourth-order valence-corrected chi connectivity index (χ4v) is 5.61. The van der Waals surface area contributed by atoms with Gasteiger partial charge in [0.25, 0.3) is 5.56 Å². The van der Waals surface area contributed by atoms with Crippen LogP contribution in [0, 0.1) is 0 Å². The predicted octanol–water partition coefficient (Wildman–Crippen LogP) is 2.58. The van der Waals surface area contributed by atoms with E-state index in [9.17, 15) is 14.4 Å². The van der Waals surface area contributed by atoms with Gasteiger partial charge in [-0.3, -0.25) is 23.3 Å². The molecule has 0 radical (unpaired) electrons. The van der Waals surface area contributed by atoms with Crippen molar-refractivity contribution in [3.8, 4) is 0 Å². The smallest absolute Gasteiger partial charge is 0.332 e. The number of Topliss-reactive ketones (excluding diaryl/α,β-unsaturated/α-hetero) is 1. The summed E-state index contributed by atoms with van der Waals surface area (Å²) < 4.78 is 5.11.